The van der Waals surface area contributed by atoms with Gasteiger partial charge in [-0.1, -0.05) is 18.1 Å². The molecule has 0 saturated carbocycles. The zero-order valence-corrected chi connectivity index (χ0v) is 11.7. The molecule has 0 bridgehead atoms. The van der Waals surface area contributed by atoms with Gasteiger partial charge in [-0.05, 0) is 30.4 Å². The van der Waals surface area contributed by atoms with E-state index in [1.165, 1.54) is 0 Å². The van der Waals surface area contributed by atoms with Gasteiger partial charge in [0.05, 0.1) is 6.10 Å². The highest BCUT2D eigenvalue weighted by Gasteiger charge is 2.26. The molecule has 1 aliphatic heterocycles. The summed E-state index contributed by atoms with van der Waals surface area (Å²) in [6.07, 6.45) is 4.15. The fourth-order valence-electron chi connectivity index (χ4n) is 2.63. The molecule has 2 rings (SSSR count). The van der Waals surface area contributed by atoms with Crippen molar-refractivity contribution >= 4 is 5.84 Å². The summed E-state index contributed by atoms with van der Waals surface area (Å²) in [6.45, 7) is 4.56. The Balaban J connectivity index is 1.91. The van der Waals surface area contributed by atoms with Gasteiger partial charge >= 0.3 is 0 Å². The van der Waals surface area contributed by atoms with Crippen LogP contribution in [0, 0.1) is 5.92 Å². The van der Waals surface area contributed by atoms with Crippen molar-refractivity contribution in [1.82, 2.24) is 10.3 Å². The molecule has 1 aliphatic rings. The van der Waals surface area contributed by atoms with Crippen LogP contribution in [0.15, 0.2) is 23.5 Å². The third-order valence-corrected chi connectivity index (χ3v) is 3.71. The van der Waals surface area contributed by atoms with Gasteiger partial charge in [-0.2, -0.15) is 0 Å². The Hall–Kier alpha value is -1.66. The first kappa shape index (κ1) is 14.7. The predicted octanol–water partition coefficient (Wildman–Crippen LogP) is 1.08. The van der Waals surface area contributed by atoms with E-state index >= 15 is 0 Å². The summed E-state index contributed by atoms with van der Waals surface area (Å²) in [6, 6.07) is 3.77. The molecule has 0 aromatic carbocycles. The van der Waals surface area contributed by atoms with Gasteiger partial charge in [-0.25, -0.2) is 0 Å². The molecule has 20 heavy (non-hydrogen) atoms. The molecule has 2 unspecified atom stereocenters. The lowest BCUT2D eigenvalue weighted by Gasteiger charge is -2.17. The van der Waals surface area contributed by atoms with Crippen molar-refractivity contribution < 1.29 is 9.94 Å². The van der Waals surface area contributed by atoms with Crippen LogP contribution in [0.3, 0.4) is 0 Å². The lowest BCUT2D eigenvalue weighted by atomic mass is 9.99. The maximum Gasteiger partial charge on any atom is 0.189 e. The first-order valence-electron chi connectivity index (χ1n) is 7.00. The maximum atomic E-state index is 8.76. The molecule has 2 atom stereocenters. The molecule has 4 N–H and O–H groups in total. The number of hydrogen-bond acceptors (Lipinski definition) is 5. The van der Waals surface area contributed by atoms with Crippen LogP contribution in [0.4, 0.5) is 0 Å². The Morgan fingerprint density at radius 2 is 2.50 bits per heavy atom. The van der Waals surface area contributed by atoms with E-state index in [-0.39, 0.29) is 5.84 Å². The standard InChI is InChI=1S/C14H22N4O2/c1-2-12-10(5-7-20-12)8-16-9-11-4-3-6-17-13(11)14(15)18-19/h3-4,6,10,12,16,19H,2,5,7-9H2,1H3,(H2,15,18). The van der Waals surface area contributed by atoms with Gasteiger partial charge < -0.3 is 21.0 Å². The van der Waals surface area contributed by atoms with Crippen LogP contribution in [0.5, 0.6) is 0 Å². The molecule has 110 valence electrons. The van der Waals surface area contributed by atoms with Gasteiger partial charge in [0.15, 0.2) is 5.84 Å². The van der Waals surface area contributed by atoms with Gasteiger partial charge in [0.1, 0.15) is 5.69 Å². The lowest BCUT2D eigenvalue weighted by Crippen LogP contribution is -2.29. The molecule has 1 aromatic rings. The molecule has 2 heterocycles. The first-order valence-corrected chi connectivity index (χ1v) is 7.00. The van der Waals surface area contributed by atoms with E-state index < -0.39 is 0 Å². The number of nitrogens with zero attached hydrogens (tertiary/aromatic N) is 2. The Morgan fingerprint density at radius 3 is 3.25 bits per heavy atom. The topological polar surface area (TPSA) is 92.8 Å². The fourth-order valence-corrected chi connectivity index (χ4v) is 2.63. The van der Waals surface area contributed by atoms with Crippen LogP contribution in [0.1, 0.15) is 31.0 Å². The third kappa shape index (κ3) is 3.46. The van der Waals surface area contributed by atoms with Crippen molar-refractivity contribution in [3.05, 3.63) is 29.6 Å². The number of oxime groups is 1. The van der Waals surface area contributed by atoms with Crippen LogP contribution in [-0.2, 0) is 11.3 Å². The number of hydrogen-bond donors (Lipinski definition) is 3. The minimum atomic E-state index is 0.0398. The number of nitrogens with one attached hydrogen (secondary N) is 1. The van der Waals surface area contributed by atoms with Crippen molar-refractivity contribution in [2.45, 2.75) is 32.4 Å². The van der Waals surface area contributed by atoms with Crippen LogP contribution in [0.25, 0.3) is 0 Å². The molecule has 0 spiro atoms. The van der Waals surface area contributed by atoms with E-state index in [0.717, 1.165) is 31.6 Å². The summed E-state index contributed by atoms with van der Waals surface area (Å²) in [5.41, 5.74) is 7.07. The summed E-state index contributed by atoms with van der Waals surface area (Å²) in [7, 11) is 0. The smallest absolute Gasteiger partial charge is 0.189 e. The number of amidine groups is 1. The highest BCUT2D eigenvalue weighted by atomic mass is 16.5. The van der Waals surface area contributed by atoms with Crippen molar-refractivity contribution in [2.75, 3.05) is 13.2 Å². The summed E-state index contributed by atoms with van der Waals surface area (Å²) in [5.74, 6) is 0.599. The second kappa shape index (κ2) is 7.21. The third-order valence-electron chi connectivity index (χ3n) is 3.71. The first-order chi connectivity index (χ1) is 9.76. The van der Waals surface area contributed by atoms with Crippen molar-refractivity contribution in [3.8, 4) is 0 Å². The number of ether oxygens (including phenoxy) is 1. The van der Waals surface area contributed by atoms with Crippen molar-refractivity contribution in [3.63, 3.8) is 0 Å². The molecule has 0 aliphatic carbocycles. The fraction of sp³-hybridized carbons (Fsp3) is 0.571. The Morgan fingerprint density at radius 1 is 1.65 bits per heavy atom. The molecular weight excluding hydrogens is 256 g/mol. The van der Waals surface area contributed by atoms with E-state index in [0.29, 0.717) is 24.3 Å². The highest BCUT2D eigenvalue weighted by molar-refractivity contribution is 5.96. The van der Waals surface area contributed by atoms with E-state index in [1.54, 1.807) is 6.20 Å². The monoisotopic (exact) mass is 278 g/mol. The maximum absolute atomic E-state index is 8.76. The van der Waals surface area contributed by atoms with Crippen molar-refractivity contribution in [2.24, 2.45) is 16.8 Å². The van der Waals surface area contributed by atoms with E-state index in [2.05, 4.69) is 22.4 Å². The molecule has 1 saturated heterocycles. The van der Waals surface area contributed by atoms with E-state index in [4.69, 9.17) is 15.7 Å². The predicted molar refractivity (Wildman–Crippen MR) is 76.6 cm³/mol. The molecular formula is C14H22N4O2. The zero-order chi connectivity index (χ0) is 14.4. The second-order valence-corrected chi connectivity index (χ2v) is 4.99. The van der Waals surface area contributed by atoms with Gasteiger partial charge in [0.2, 0.25) is 0 Å². The van der Waals surface area contributed by atoms with Gasteiger partial charge in [0, 0.05) is 25.9 Å². The molecule has 6 nitrogen and oxygen atoms in total. The summed E-state index contributed by atoms with van der Waals surface area (Å²) in [5, 5.41) is 15.2. The summed E-state index contributed by atoms with van der Waals surface area (Å²) in [4.78, 5) is 4.15. The van der Waals surface area contributed by atoms with Crippen LogP contribution in [0.2, 0.25) is 0 Å². The second-order valence-electron chi connectivity index (χ2n) is 4.99. The summed E-state index contributed by atoms with van der Waals surface area (Å²) < 4.78 is 5.67. The Bertz CT molecular complexity index is 464. The SMILES string of the molecule is CCC1OCCC1CNCc1cccnc1/C(N)=N/O. The molecule has 1 fully saturated rings. The van der Waals surface area contributed by atoms with Gasteiger partial charge in [0.25, 0.3) is 0 Å². The average molecular weight is 278 g/mol. The van der Waals surface area contributed by atoms with Crippen LogP contribution in [-0.4, -0.2) is 35.3 Å². The zero-order valence-electron chi connectivity index (χ0n) is 11.7. The number of rotatable bonds is 6. The van der Waals surface area contributed by atoms with E-state index in [9.17, 15) is 0 Å². The minimum absolute atomic E-state index is 0.0398. The highest BCUT2D eigenvalue weighted by Crippen LogP contribution is 2.22. The Labute approximate surface area is 119 Å². The van der Waals surface area contributed by atoms with Crippen molar-refractivity contribution in [1.29, 1.82) is 0 Å². The molecule has 0 radical (unpaired) electrons. The summed E-state index contributed by atoms with van der Waals surface area (Å²) >= 11 is 0. The number of pyridine rings is 1. The van der Waals surface area contributed by atoms with E-state index in [1.807, 2.05) is 12.1 Å². The normalized spacial score (nSPS) is 23.1. The van der Waals surface area contributed by atoms with Crippen LogP contribution < -0.4 is 11.1 Å². The van der Waals surface area contributed by atoms with Crippen LogP contribution >= 0.6 is 0 Å². The number of nitrogens with two attached hydrogens (primary N) is 1. The quantitative estimate of drug-likeness (QED) is 0.313. The number of aromatic nitrogens is 1. The molecule has 6 heteroatoms. The molecule has 0 amide bonds. The molecule has 1 aromatic heterocycles. The van der Waals surface area contributed by atoms with Gasteiger partial charge in [-0.3, -0.25) is 4.98 Å². The minimum Gasteiger partial charge on any atom is -0.409 e. The largest absolute Gasteiger partial charge is 0.409 e. The average Bonchev–Trinajstić information content (AvgIpc) is 2.94. The Kier molecular flexibility index (Phi) is 5.31. The van der Waals surface area contributed by atoms with Gasteiger partial charge in [-0.15, -0.1) is 0 Å². The lowest BCUT2D eigenvalue weighted by molar-refractivity contribution is 0.0872.